The molecule has 1 aromatic carbocycles. The molecule has 0 bridgehead atoms. The van der Waals surface area contributed by atoms with Crippen molar-refractivity contribution in [3.63, 3.8) is 0 Å². The molecule has 166 valence electrons. The van der Waals surface area contributed by atoms with Crippen LogP contribution in [0.1, 0.15) is 38.4 Å². The van der Waals surface area contributed by atoms with Crippen molar-refractivity contribution in [1.82, 2.24) is 10.1 Å². The Labute approximate surface area is 180 Å². The summed E-state index contributed by atoms with van der Waals surface area (Å²) in [5, 5.41) is 4.05. The highest BCUT2D eigenvalue weighted by molar-refractivity contribution is 5.83. The Morgan fingerprint density at radius 2 is 2.19 bits per heavy atom. The van der Waals surface area contributed by atoms with Gasteiger partial charge >= 0.3 is 5.97 Å². The number of piperidine rings is 1. The van der Waals surface area contributed by atoms with Crippen LogP contribution in [0.15, 0.2) is 34.9 Å². The number of carbonyl (C=O) groups excluding carboxylic acids is 2. The first kappa shape index (κ1) is 21.5. The van der Waals surface area contributed by atoms with Crippen molar-refractivity contribution in [2.75, 3.05) is 26.3 Å². The van der Waals surface area contributed by atoms with E-state index in [9.17, 15) is 14.0 Å². The molecule has 31 heavy (non-hydrogen) atoms. The van der Waals surface area contributed by atoms with E-state index < -0.39 is 11.5 Å². The third-order valence-electron chi connectivity index (χ3n) is 5.99. The number of nitrogens with zero attached hydrogens (tertiary/aromatic N) is 2. The molecule has 0 spiro atoms. The predicted octanol–water partition coefficient (Wildman–Crippen LogP) is 3.37. The minimum atomic E-state index is -0.915. The van der Waals surface area contributed by atoms with E-state index in [0.29, 0.717) is 49.4 Å². The number of halogens is 1. The van der Waals surface area contributed by atoms with Crippen molar-refractivity contribution in [3.8, 4) is 11.3 Å². The average Bonchev–Trinajstić information content (AvgIpc) is 3.46. The number of benzene rings is 1. The molecular weight excluding hydrogens is 403 g/mol. The summed E-state index contributed by atoms with van der Waals surface area (Å²) in [5.41, 5.74) is 0.178. The number of esters is 1. The fraction of sp³-hybridized carbons (Fsp3) is 0.522. The Morgan fingerprint density at radius 1 is 1.32 bits per heavy atom. The van der Waals surface area contributed by atoms with E-state index in [0.717, 1.165) is 6.42 Å². The van der Waals surface area contributed by atoms with Crippen molar-refractivity contribution < 1.29 is 28.0 Å². The summed E-state index contributed by atoms with van der Waals surface area (Å²) >= 11 is 0. The first-order chi connectivity index (χ1) is 15.0. The SMILES string of the molecule is CCOC(=O)[C@]1(Cc2cc(-c3cccc(F)c3)no2)CCCN(C(=O)[C@@H]2CCCO2)C1. The largest absolute Gasteiger partial charge is 0.466 e. The highest BCUT2D eigenvalue weighted by atomic mass is 19.1. The molecule has 2 aliphatic rings. The number of likely N-dealkylation sites (tertiary alicyclic amines) is 1. The molecule has 2 fully saturated rings. The standard InChI is InChI=1S/C23H27FN2O5/c1-2-29-22(28)23(9-5-10-26(15-23)21(27)20-8-4-11-30-20)14-18-13-19(25-31-18)16-6-3-7-17(24)12-16/h3,6-7,12-13,20H,2,4-5,8-11,14-15H2,1H3/t20-,23-/m0/s1. The number of amides is 1. The van der Waals surface area contributed by atoms with Gasteiger partial charge in [-0.3, -0.25) is 9.59 Å². The van der Waals surface area contributed by atoms with Gasteiger partial charge in [-0.2, -0.15) is 0 Å². The summed E-state index contributed by atoms with van der Waals surface area (Å²) in [6.45, 7) is 3.45. The van der Waals surface area contributed by atoms with Gasteiger partial charge in [0.2, 0.25) is 0 Å². The molecule has 8 heteroatoms. The van der Waals surface area contributed by atoms with Crippen molar-refractivity contribution in [3.05, 3.63) is 41.9 Å². The molecular formula is C23H27FN2O5. The molecule has 2 aliphatic heterocycles. The van der Waals surface area contributed by atoms with Gasteiger partial charge in [-0.05, 0) is 44.7 Å². The van der Waals surface area contributed by atoms with Crippen LogP contribution in [-0.4, -0.2) is 54.3 Å². The van der Waals surface area contributed by atoms with Gasteiger partial charge in [0.05, 0.1) is 12.0 Å². The first-order valence-corrected chi connectivity index (χ1v) is 10.8. The molecule has 2 saturated heterocycles. The van der Waals surface area contributed by atoms with Gasteiger partial charge in [-0.1, -0.05) is 17.3 Å². The smallest absolute Gasteiger partial charge is 0.314 e. The quantitative estimate of drug-likeness (QED) is 0.654. The van der Waals surface area contributed by atoms with Crippen LogP contribution in [0.5, 0.6) is 0 Å². The lowest BCUT2D eigenvalue weighted by Crippen LogP contribution is -2.53. The summed E-state index contributed by atoms with van der Waals surface area (Å²) in [6, 6.07) is 7.81. The van der Waals surface area contributed by atoms with Gasteiger partial charge in [0, 0.05) is 37.7 Å². The van der Waals surface area contributed by atoms with Crippen LogP contribution in [-0.2, 0) is 25.5 Å². The third-order valence-corrected chi connectivity index (χ3v) is 5.99. The van der Waals surface area contributed by atoms with E-state index in [1.807, 2.05) is 0 Å². The van der Waals surface area contributed by atoms with E-state index in [1.165, 1.54) is 12.1 Å². The second-order valence-corrected chi connectivity index (χ2v) is 8.23. The van der Waals surface area contributed by atoms with Crippen molar-refractivity contribution >= 4 is 11.9 Å². The normalized spacial score (nSPS) is 23.7. The minimum Gasteiger partial charge on any atom is -0.466 e. The van der Waals surface area contributed by atoms with Crippen molar-refractivity contribution in [2.24, 2.45) is 5.41 Å². The zero-order chi connectivity index (χ0) is 21.8. The van der Waals surface area contributed by atoms with Gasteiger partial charge in [-0.25, -0.2) is 4.39 Å². The van der Waals surface area contributed by atoms with Crippen LogP contribution in [0.3, 0.4) is 0 Å². The highest BCUT2D eigenvalue weighted by Crippen LogP contribution is 2.37. The number of ether oxygens (including phenoxy) is 2. The maximum absolute atomic E-state index is 13.6. The summed E-state index contributed by atoms with van der Waals surface area (Å²) in [4.78, 5) is 27.7. The van der Waals surface area contributed by atoms with E-state index in [4.69, 9.17) is 14.0 Å². The van der Waals surface area contributed by atoms with Crippen LogP contribution in [0.2, 0.25) is 0 Å². The van der Waals surface area contributed by atoms with Gasteiger partial charge in [0.1, 0.15) is 23.4 Å². The number of carbonyl (C=O) groups is 2. The predicted molar refractivity (Wildman–Crippen MR) is 109 cm³/mol. The van der Waals surface area contributed by atoms with Crippen molar-refractivity contribution in [1.29, 1.82) is 0 Å². The lowest BCUT2D eigenvalue weighted by Gasteiger charge is -2.41. The Balaban J connectivity index is 1.56. The zero-order valence-electron chi connectivity index (χ0n) is 17.6. The topological polar surface area (TPSA) is 81.9 Å². The van der Waals surface area contributed by atoms with E-state index in [-0.39, 0.29) is 37.3 Å². The lowest BCUT2D eigenvalue weighted by molar-refractivity contribution is -0.162. The van der Waals surface area contributed by atoms with Gasteiger partial charge in [-0.15, -0.1) is 0 Å². The molecule has 2 atom stereocenters. The Kier molecular flexibility index (Phi) is 6.36. The van der Waals surface area contributed by atoms with E-state index >= 15 is 0 Å². The molecule has 0 unspecified atom stereocenters. The number of aromatic nitrogens is 1. The summed E-state index contributed by atoms with van der Waals surface area (Å²) in [5.74, 6) is -0.272. The fourth-order valence-electron chi connectivity index (χ4n) is 4.48. The van der Waals surface area contributed by atoms with Crippen LogP contribution >= 0.6 is 0 Å². The van der Waals surface area contributed by atoms with Crippen LogP contribution in [0, 0.1) is 11.2 Å². The molecule has 1 aromatic heterocycles. The van der Waals surface area contributed by atoms with Gasteiger partial charge in [0.25, 0.3) is 5.91 Å². The molecule has 2 aromatic rings. The summed E-state index contributed by atoms with van der Waals surface area (Å²) in [7, 11) is 0. The lowest BCUT2D eigenvalue weighted by atomic mass is 9.76. The minimum absolute atomic E-state index is 0.0658. The number of hydrogen-bond acceptors (Lipinski definition) is 6. The highest BCUT2D eigenvalue weighted by Gasteiger charge is 2.46. The monoisotopic (exact) mass is 430 g/mol. The summed E-state index contributed by atoms with van der Waals surface area (Å²) < 4.78 is 30.0. The van der Waals surface area contributed by atoms with Crippen molar-refractivity contribution in [2.45, 2.75) is 45.1 Å². The van der Waals surface area contributed by atoms with E-state index in [1.54, 1.807) is 30.0 Å². The molecule has 1 amide bonds. The van der Waals surface area contributed by atoms with Crippen LogP contribution in [0.4, 0.5) is 4.39 Å². The summed E-state index contributed by atoms with van der Waals surface area (Å²) in [6.07, 6.45) is 2.67. The van der Waals surface area contributed by atoms with Gasteiger partial charge in [0.15, 0.2) is 0 Å². The Bertz CT molecular complexity index is 940. The fourth-order valence-corrected chi connectivity index (χ4v) is 4.48. The molecule has 7 nitrogen and oxygen atoms in total. The van der Waals surface area contributed by atoms with Crippen LogP contribution in [0.25, 0.3) is 11.3 Å². The molecule has 0 N–H and O–H groups in total. The zero-order valence-corrected chi connectivity index (χ0v) is 17.6. The second kappa shape index (κ2) is 9.18. The molecule has 3 heterocycles. The molecule has 0 saturated carbocycles. The molecule has 4 rings (SSSR count). The first-order valence-electron chi connectivity index (χ1n) is 10.8. The third kappa shape index (κ3) is 4.63. The average molecular weight is 430 g/mol. The Hall–Kier alpha value is -2.74. The van der Waals surface area contributed by atoms with Gasteiger partial charge < -0.3 is 18.9 Å². The number of hydrogen-bond donors (Lipinski definition) is 0. The second-order valence-electron chi connectivity index (χ2n) is 8.23. The number of rotatable bonds is 6. The van der Waals surface area contributed by atoms with Crippen LogP contribution < -0.4 is 0 Å². The van der Waals surface area contributed by atoms with E-state index in [2.05, 4.69) is 5.16 Å². The maximum Gasteiger partial charge on any atom is 0.314 e. The maximum atomic E-state index is 13.6. The molecule has 0 aliphatic carbocycles. The molecule has 0 radical (unpaired) electrons. The Morgan fingerprint density at radius 3 is 2.94 bits per heavy atom.